The van der Waals surface area contributed by atoms with Crippen LogP contribution in [0.25, 0.3) is 0 Å². The number of nitrogens with zero attached hydrogens (tertiary/aromatic N) is 1. The molecule has 3 heteroatoms. The van der Waals surface area contributed by atoms with Crippen LogP contribution in [0, 0.1) is 0 Å². The molecule has 0 aromatic carbocycles. The Balaban J connectivity index is 0.000000605. The van der Waals surface area contributed by atoms with Crippen LogP contribution in [0.4, 0.5) is 0 Å². The van der Waals surface area contributed by atoms with Gasteiger partial charge in [-0.05, 0) is 19.3 Å². The monoisotopic (exact) mass is 177 g/mol. The number of rotatable bonds is 0. The Bertz CT molecular complexity index is 119. The summed E-state index contributed by atoms with van der Waals surface area (Å²) >= 11 is 0. The molecule has 0 aliphatic carbocycles. The Morgan fingerprint density at radius 3 is 2.00 bits per heavy atom. The Morgan fingerprint density at radius 2 is 1.55 bits per heavy atom. The van der Waals surface area contributed by atoms with Gasteiger partial charge in [0, 0.05) is 0 Å². The number of hydrogen-bond acceptors (Lipinski definition) is 1. The van der Waals surface area contributed by atoms with Crippen molar-refractivity contribution in [3.63, 3.8) is 0 Å². The minimum absolute atomic E-state index is 0. The topological polar surface area (TPSA) is 20.2 Å². The second-order valence-corrected chi connectivity index (χ2v) is 3.87. The van der Waals surface area contributed by atoms with E-state index in [1.807, 2.05) is 0 Å². The summed E-state index contributed by atoms with van der Waals surface area (Å²) in [4.78, 5) is 0. The van der Waals surface area contributed by atoms with E-state index < -0.39 is 0 Å². The largest absolute Gasteiger partial charge is 1.00 e. The fourth-order valence-electron chi connectivity index (χ4n) is 2.39. The predicted octanol–water partition coefficient (Wildman–Crippen LogP) is -2.63. The van der Waals surface area contributed by atoms with Crippen LogP contribution in [0.15, 0.2) is 0 Å². The number of hydrogen-bond donors (Lipinski definition) is 1. The molecule has 2 rings (SSSR count). The van der Waals surface area contributed by atoms with Gasteiger partial charge >= 0.3 is 0 Å². The summed E-state index contributed by atoms with van der Waals surface area (Å²) in [5, 5.41) is 9.15. The molecule has 0 radical (unpaired) electrons. The summed E-state index contributed by atoms with van der Waals surface area (Å²) in [5.74, 6) is 0. The molecule has 66 valence electrons. The van der Waals surface area contributed by atoms with E-state index in [-0.39, 0.29) is 18.5 Å². The molecule has 0 aromatic heterocycles. The lowest BCUT2D eigenvalue weighted by Crippen LogP contribution is -3.00. The number of aliphatic hydroxyl groups is 1. The highest BCUT2D eigenvalue weighted by Crippen LogP contribution is 2.26. The molecule has 0 unspecified atom stereocenters. The molecule has 2 nitrogen and oxygen atoms in total. The molecule has 0 saturated carbocycles. The maximum Gasteiger partial charge on any atom is 0.152 e. The van der Waals surface area contributed by atoms with Gasteiger partial charge < -0.3 is 22.0 Å². The SMILES string of the molecule is OC1C[N+]2(CCCCC2)C1.[Cl-]. The number of halogens is 1. The van der Waals surface area contributed by atoms with E-state index in [0.29, 0.717) is 0 Å². The van der Waals surface area contributed by atoms with Crippen LogP contribution in [0.5, 0.6) is 0 Å². The first kappa shape index (κ1) is 9.30. The molecule has 0 amide bonds. The molecular formula is C8H16ClNO. The van der Waals surface area contributed by atoms with Crippen LogP contribution in [0.1, 0.15) is 19.3 Å². The lowest BCUT2D eigenvalue weighted by atomic mass is 9.99. The fraction of sp³-hybridized carbons (Fsp3) is 1.00. The number of aliphatic hydroxyl groups excluding tert-OH is 1. The van der Waals surface area contributed by atoms with Gasteiger partial charge in [0.05, 0.1) is 13.1 Å². The van der Waals surface area contributed by atoms with E-state index in [1.54, 1.807) is 0 Å². The second kappa shape index (κ2) is 3.30. The first-order valence-corrected chi connectivity index (χ1v) is 4.34. The first-order valence-electron chi connectivity index (χ1n) is 4.34. The van der Waals surface area contributed by atoms with Gasteiger partial charge in [0.1, 0.15) is 13.1 Å². The maximum absolute atomic E-state index is 9.15. The van der Waals surface area contributed by atoms with Crippen LogP contribution in [0.2, 0.25) is 0 Å². The molecule has 11 heavy (non-hydrogen) atoms. The Labute approximate surface area is 74.2 Å². The lowest BCUT2D eigenvalue weighted by molar-refractivity contribution is -0.976. The normalized spacial score (nSPS) is 29.2. The standard InChI is InChI=1S/C8H16NO.ClH/c10-8-6-9(7-8)4-2-1-3-5-9;/h8,10H,1-7H2;1H/q+1;/p-1. The number of quaternary nitrogens is 1. The van der Waals surface area contributed by atoms with Crippen molar-refractivity contribution in [1.29, 1.82) is 0 Å². The Kier molecular flexibility index (Phi) is 2.79. The third-order valence-electron chi connectivity index (χ3n) is 2.96. The van der Waals surface area contributed by atoms with Crippen LogP contribution in [-0.2, 0) is 0 Å². The Morgan fingerprint density at radius 1 is 1.00 bits per heavy atom. The van der Waals surface area contributed by atoms with Gasteiger partial charge in [0.2, 0.25) is 0 Å². The minimum Gasteiger partial charge on any atom is -1.00 e. The third kappa shape index (κ3) is 1.68. The molecule has 2 saturated heterocycles. The molecule has 2 heterocycles. The zero-order valence-corrected chi connectivity index (χ0v) is 7.56. The highest BCUT2D eigenvalue weighted by molar-refractivity contribution is 4.69. The van der Waals surface area contributed by atoms with Crippen LogP contribution >= 0.6 is 0 Å². The molecule has 0 atom stereocenters. The molecule has 0 aromatic rings. The van der Waals surface area contributed by atoms with Gasteiger partial charge in [-0.15, -0.1) is 0 Å². The van der Waals surface area contributed by atoms with Crippen molar-refractivity contribution < 1.29 is 22.0 Å². The minimum atomic E-state index is 0. The third-order valence-corrected chi connectivity index (χ3v) is 2.96. The average molecular weight is 178 g/mol. The first-order chi connectivity index (χ1) is 4.81. The van der Waals surface area contributed by atoms with Gasteiger partial charge in [0.25, 0.3) is 0 Å². The highest BCUT2D eigenvalue weighted by Gasteiger charge is 2.43. The van der Waals surface area contributed by atoms with E-state index in [4.69, 9.17) is 5.11 Å². The van der Waals surface area contributed by atoms with Crippen molar-refractivity contribution >= 4 is 0 Å². The summed E-state index contributed by atoms with van der Waals surface area (Å²) in [6.45, 7) is 4.74. The maximum atomic E-state index is 9.15. The van der Waals surface area contributed by atoms with Gasteiger partial charge in [-0.3, -0.25) is 0 Å². The van der Waals surface area contributed by atoms with Crippen molar-refractivity contribution in [2.45, 2.75) is 25.4 Å². The van der Waals surface area contributed by atoms with Crippen molar-refractivity contribution in [3.8, 4) is 0 Å². The molecular weight excluding hydrogens is 162 g/mol. The lowest BCUT2D eigenvalue weighted by Gasteiger charge is -2.50. The molecule has 2 aliphatic rings. The van der Waals surface area contributed by atoms with Crippen LogP contribution in [0.3, 0.4) is 0 Å². The Hall–Kier alpha value is 0.210. The van der Waals surface area contributed by atoms with Crippen LogP contribution < -0.4 is 12.4 Å². The summed E-state index contributed by atoms with van der Waals surface area (Å²) < 4.78 is 1.24. The van der Waals surface area contributed by atoms with E-state index in [2.05, 4.69) is 0 Å². The molecule has 2 fully saturated rings. The van der Waals surface area contributed by atoms with E-state index in [1.165, 1.54) is 36.8 Å². The number of piperidine rings is 1. The van der Waals surface area contributed by atoms with Gasteiger partial charge in [-0.2, -0.15) is 0 Å². The molecule has 1 spiro atoms. The summed E-state index contributed by atoms with van der Waals surface area (Å²) in [7, 11) is 0. The average Bonchev–Trinajstić information content (AvgIpc) is 1.87. The van der Waals surface area contributed by atoms with Gasteiger partial charge in [-0.1, -0.05) is 0 Å². The van der Waals surface area contributed by atoms with Crippen molar-refractivity contribution in [2.75, 3.05) is 26.2 Å². The zero-order chi connectivity index (χ0) is 7.03. The van der Waals surface area contributed by atoms with Crippen molar-refractivity contribution in [1.82, 2.24) is 0 Å². The predicted molar refractivity (Wildman–Crippen MR) is 39.6 cm³/mol. The van der Waals surface area contributed by atoms with E-state index >= 15 is 0 Å². The van der Waals surface area contributed by atoms with Gasteiger partial charge in [0.15, 0.2) is 6.10 Å². The quantitative estimate of drug-likeness (QED) is 0.402. The summed E-state index contributed by atoms with van der Waals surface area (Å²) in [6, 6.07) is 0. The smallest absolute Gasteiger partial charge is 0.152 e. The second-order valence-electron chi connectivity index (χ2n) is 3.87. The summed E-state index contributed by atoms with van der Waals surface area (Å²) in [5.41, 5.74) is 0. The van der Waals surface area contributed by atoms with Gasteiger partial charge in [-0.25, -0.2) is 0 Å². The molecule has 2 aliphatic heterocycles. The van der Waals surface area contributed by atoms with E-state index in [0.717, 1.165) is 13.1 Å². The fourth-order valence-corrected chi connectivity index (χ4v) is 2.39. The van der Waals surface area contributed by atoms with Crippen molar-refractivity contribution in [2.24, 2.45) is 0 Å². The van der Waals surface area contributed by atoms with Crippen molar-refractivity contribution in [3.05, 3.63) is 0 Å². The molecule has 0 bridgehead atoms. The zero-order valence-electron chi connectivity index (χ0n) is 6.80. The van der Waals surface area contributed by atoms with Crippen LogP contribution in [-0.4, -0.2) is 41.9 Å². The summed E-state index contributed by atoms with van der Waals surface area (Å²) in [6.07, 6.45) is 4.20. The highest BCUT2D eigenvalue weighted by atomic mass is 35.5. The van der Waals surface area contributed by atoms with E-state index in [9.17, 15) is 0 Å². The molecule has 1 N–H and O–H groups in total.